The Morgan fingerprint density at radius 1 is 0.412 bits per heavy atom. The predicted molar refractivity (Wildman–Crippen MR) is 200 cm³/mol. The number of rotatable bonds is 4. The summed E-state index contributed by atoms with van der Waals surface area (Å²) in [6.07, 6.45) is 10.6. The summed E-state index contributed by atoms with van der Waals surface area (Å²) in [7, 11) is 0. The Kier molecular flexibility index (Phi) is 5.76. The van der Waals surface area contributed by atoms with E-state index < -0.39 is 0 Å². The summed E-state index contributed by atoms with van der Waals surface area (Å²) in [5.41, 5.74) is 11.0. The molecule has 0 radical (unpaired) electrons. The van der Waals surface area contributed by atoms with E-state index in [9.17, 15) is 0 Å². The zero-order valence-corrected chi connectivity index (χ0v) is 26.8. The smallest absolute Gasteiger partial charge is 0.153 e. The monoisotopic (exact) mass is 656 g/mol. The van der Waals surface area contributed by atoms with Gasteiger partial charge in [0.05, 0.1) is 34.8 Å². The molecule has 9 heteroatoms. The summed E-state index contributed by atoms with van der Waals surface area (Å²) < 4.78 is 10.6. The molecule has 9 nitrogen and oxygen atoms in total. The fourth-order valence-electron chi connectivity index (χ4n) is 7.40. The average molecular weight is 657 g/mol. The van der Waals surface area contributed by atoms with Gasteiger partial charge in [-0.15, -0.1) is 0 Å². The number of hydrogen-bond acceptors (Lipinski definition) is 7. The van der Waals surface area contributed by atoms with Crippen molar-refractivity contribution >= 4 is 65.8 Å². The fraction of sp³-hybridized carbons (Fsp3) is 0. The van der Waals surface area contributed by atoms with E-state index in [0.717, 1.165) is 88.5 Å². The van der Waals surface area contributed by atoms with Crippen LogP contribution >= 0.6 is 0 Å². The third kappa shape index (κ3) is 4.15. The highest BCUT2D eigenvalue weighted by Gasteiger charge is 2.18. The van der Waals surface area contributed by atoms with E-state index in [2.05, 4.69) is 102 Å². The van der Waals surface area contributed by atoms with Gasteiger partial charge in [-0.05, 0) is 48.5 Å². The minimum absolute atomic E-state index is 0.709. The maximum absolute atomic E-state index is 6.24. The van der Waals surface area contributed by atoms with Crippen molar-refractivity contribution in [2.24, 2.45) is 0 Å². The van der Waals surface area contributed by atoms with Crippen LogP contribution in [-0.4, -0.2) is 39.0 Å². The van der Waals surface area contributed by atoms with E-state index in [1.165, 1.54) is 0 Å². The van der Waals surface area contributed by atoms with E-state index in [4.69, 9.17) is 14.4 Å². The first-order chi connectivity index (χ1) is 25.3. The highest BCUT2D eigenvalue weighted by atomic mass is 16.3. The van der Waals surface area contributed by atoms with Gasteiger partial charge in [-0.3, -0.25) is 19.1 Å². The molecule has 0 aliphatic heterocycles. The van der Waals surface area contributed by atoms with E-state index in [1.54, 1.807) is 25.0 Å². The average Bonchev–Trinajstić information content (AvgIpc) is 3.85. The Morgan fingerprint density at radius 3 is 1.35 bits per heavy atom. The van der Waals surface area contributed by atoms with Crippen LogP contribution in [0.1, 0.15) is 0 Å². The van der Waals surface area contributed by atoms with Gasteiger partial charge in [-0.25, -0.2) is 19.9 Å². The number of hydrogen-bond donors (Lipinski definition) is 0. The zero-order chi connectivity index (χ0) is 33.5. The summed E-state index contributed by atoms with van der Waals surface area (Å²) >= 11 is 0. The second-order valence-electron chi connectivity index (χ2n) is 12.6. The number of fused-ring (bicyclic) bond motifs is 9. The van der Waals surface area contributed by atoms with Gasteiger partial charge in [0.15, 0.2) is 11.2 Å². The molecule has 0 N–H and O–H groups in total. The second kappa shape index (κ2) is 10.6. The summed E-state index contributed by atoms with van der Waals surface area (Å²) in [6, 6.07) is 37.6. The zero-order valence-electron chi connectivity index (χ0n) is 26.8. The van der Waals surface area contributed by atoms with Gasteiger partial charge in [0.25, 0.3) is 0 Å². The van der Waals surface area contributed by atoms with Crippen LogP contribution in [-0.2, 0) is 0 Å². The van der Waals surface area contributed by atoms with Crippen molar-refractivity contribution in [1.82, 2.24) is 39.0 Å². The molecule has 11 aromatic rings. The first kappa shape index (κ1) is 27.7. The Balaban J connectivity index is 1.07. The Bertz CT molecular complexity index is 2930. The Hall–Kier alpha value is -7.26. The molecule has 7 aromatic heterocycles. The third-order valence-electron chi connectivity index (χ3n) is 9.73. The molecule has 0 saturated heterocycles. The van der Waals surface area contributed by atoms with Gasteiger partial charge < -0.3 is 4.42 Å². The third-order valence-corrected chi connectivity index (χ3v) is 9.73. The number of nitrogens with zero attached hydrogens (tertiary/aromatic N) is 8. The van der Waals surface area contributed by atoms with Crippen LogP contribution in [0, 0.1) is 0 Å². The van der Waals surface area contributed by atoms with Crippen molar-refractivity contribution in [3.63, 3.8) is 0 Å². The lowest BCUT2D eigenvalue weighted by Gasteiger charge is -2.08. The van der Waals surface area contributed by atoms with Crippen LogP contribution in [0.25, 0.3) is 99.7 Å². The quantitative estimate of drug-likeness (QED) is 0.186. The standard InChI is InChI=1S/C42H24N8O/c1-3-7-27(8-4-1)49-37-15-25(11-13-29(37)33-19-43-23-47-41(33)49)35-17-31-32-18-36(46-22-40(32)51-39(31)21-45-35)26-12-14-30-34-20-44-24-48-42(34)50(38(30)16-26)28-9-5-2-6-10-28/h1-24H. The highest BCUT2D eigenvalue weighted by Crippen LogP contribution is 2.38. The van der Waals surface area contributed by atoms with E-state index in [1.807, 2.05) is 48.8 Å². The topological polar surface area (TPSA) is 100 Å². The van der Waals surface area contributed by atoms with Crippen molar-refractivity contribution in [1.29, 1.82) is 0 Å². The molecule has 0 fully saturated rings. The maximum Gasteiger partial charge on any atom is 0.153 e. The van der Waals surface area contributed by atoms with Gasteiger partial charge >= 0.3 is 0 Å². The SMILES string of the molecule is c1ccc(-n2c3cc(-c4cc5c(cn4)oc4cnc(-c6ccc7c8cncnc8n(-c8ccccc8)c7c6)cc45)ccc3c3cncnc32)cc1. The lowest BCUT2D eigenvalue weighted by atomic mass is 10.0. The molecule has 4 aromatic carbocycles. The molecule has 0 aliphatic carbocycles. The van der Waals surface area contributed by atoms with Crippen molar-refractivity contribution in [3.8, 4) is 33.9 Å². The fourth-order valence-corrected chi connectivity index (χ4v) is 7.40. The van der Waals surface area contributed by atoms with Gasteiger partial charge in [0.2, 0.25) is 0 Å². The number of pyridine rings is 2. The van der Waals surface area contributed by atoms with Gasteiger partial charge in [-0.2, -0.15) is 0 Å². The predicted octanol–water partition coefficient (Wildman–Crippen LogP) is 9.48. The van der Waals surface area contributed by atoms with E-state index >= 15 is 0 Å². The molecule has 0 saturated carbocycles. The second-order valence-corrected chi connectivity index (χ2v) is 12.6. The van der Waals surface area contributed by atoms with Crippen LogP contribution in [0.5, 0.6) is 0 Å². The number of aromatic nitrogens is 8. The minimum atomic E-state index is 0.709. The molecule has 0 amide bonds. The largest absolute Gasteiger partial charge is 0.453 e. The Morgan fingerprint density at radius 2 is 0.882 bits per heavy atom. The molecule has 0 spiro atoms. The van der Waals surface area contributed by atoms with Crippen LogP contribution in [0.4, 0.5) is 0 Å². The summed E-state index contributed by atoms with van der Waals surface area (Å²) in [5.74, 6) is 0. The van der Waals surface area contributed by atoms with Gasteiger partial charge in [0.1, 0.15) is 23.9 Å². The maximum atomic E-state index is 6.24. The molecule has 0 atom stereocenters. The number of furan rings is 1. The molecular formula is C42H24N8O. The van der Waals surface area contributed by atoms with Gasteiger partial charge in [0, 0.05) is 67.2 Å². The van der Waals surface area contributed by atoms with E-state index in [0.29, 0.717) is 11.2 Å². The lowest BCUT2D eigenvalue weighted by molar-refractivity contribution is 0.665. The van der Waals surface area contributed by atoms with Gasteiger partial charge in [-0.1, -0.05) is 60.7 Å². The molecule has 0 unspecified atom stereocenters. The van der Waals surface area contributed by atoms with Crippen LogP contribution in [0.15, 0.2) is 151 Å². The van der Waals surface area contributed by atoms with E-state index in [-0.39, 0.29) is 0 Å². The molecular weight excluding hydrogens is 633 g/mol. The van der Waals surface area contributed by atoms with Crippen molar-refractivity contribution in [2.75, 3.05) is 0 Å². The number of para-hydroxylation sites is 2. The molecule has 7 heterocycles. The molecule has 0 bridgehead atoms. The van der Waals surface area contributed by atoms with Crippen molar-refractivity contribution in [3.05, 3.63) is 147 Å². The Labute approximate surface area is 289 Å². The van der Waals surface area contributed by atoms with Crippen LogP contribution in [0.3, 0.4) is 0 Å². The molecule has 238 valence electrons. The minimum Gasteiger partial charge on any atom is -0.453 e. The first-order valence-corrected chi connectivity index (χ1v) is 16.6. The number of benzene rings is 4. The van der Waals surface area contributed by atoms with Crippen molar-refractivity contribution in [2.45, 2.75) is 0 Å². The molecule has 11 rings (SSSR count). The normalized spacial score (nSPS) is 11.9. The summed E-state index contributed by atoms with van der Waals surface area (Å²) in [4.78, 5) is 27.6. The summed E-state index contributed by atoms with van der Waals surface area (Å²) in [5, 5.41) is 6.12. The summed E-state index contributed by atoms with van der Waals surface area (Å²) in [6.45, 7) is 0. The molecule has 51 heavy (non-hydrogen) atoms. The van der Waals surface area contributed by atoms with Crippen molar-refractivity contribution < 1.29 is 4.42 Å². The van der Waals surface area contributed by atoms with Crippen LogP contribution < -0.4 is 0 Å². The first-order valence-electron chi connectivity index (χ1n) is 16.6. The van der Waals surface area contributed by atoms with Crippen LogP contribution in [0.2, 0.25) is 0 Å². The highest BCUT2D eigenvalue weighted by molar-refractivity contribution is 6.11. The lowest BCUT2D eigenvalue weighted by Crippen LogP contribution is -1.95. The molecule has 0 aliphatic rings.